The number of halogens is 1. The first-order chi connectivity index (χ1) is 12.6. The number of aromatic nitrogens is 2. The molecule has 0 saturated heterocycles. The Morgan fingerprint density at radius 3 is 2.77 bits per heavy atom. The zero-order valence-electron chi connectivity index (χ0n) is 14.4. The molecule has 1 heterocycles. The van der Waals surface area contributed by atoms with Gasteiger partial charge in [0.25, 0.3) is 5.91 Å². The van der Waals surface area contributed by atoms with Gasteiger partial charge >= 0.3 is 0 Å². The van der Waals surface area contributed by atoms with Gasteiger partial charge in [0.05, 0.1) is 11.6 Å². The Bertz CT molecular complexity index is 972. The van der Waals surface area contributed by atoms with Gasteiger partial charge in [-0.05, 0) is 49.1 Å². The Labute approximate surface area is 157 Å². The maximum absolute atomic E-state index is 13.0. The molecule has 1 N–H and O–H groups in total. The van der Waals surface area contributed by atoms with E-state index in [4.69, 9.17) is 11.6 Å². The monoisotopic (exact) mass is 363 g/mol. The van der Waals surface area contributed by atoms with Crippen LogP contribution in [0.2, 0.25) is 5.02 Å². The lowest BCUT2D eigenvalue weighted by Gasteiger charge is -2.16. The molecule has 0 radical (unpaired) electrons. The summed E-state index contributed by atoms with van der Waals surface area (Å²) in [6.07, 6.45) is 5.09. The summed E-state index contributed by atoms with van der Waals surface area (Å²) >= 11 is 6.29. The van der Waals surface area contributed by atoms with Gasteiger partial charge in [-0.25, -0.2) is 9.97 Å². The third-order valence-electron chi connectivity index (χ3n) is 4.75. The highest BCUT2D eigenvalue weighted by atomic mass is 35.5. The number of hydrogen-bond acceptors (Lipinski definition) is 3. The largest absolute Gasteiger partial charge is 0.345 e. The number of nitrogens with zero attached hydrogens (tertiary/aromatic N) is 2. The van der Waals surface area contributed by atoms with E-state index in [9.17, 15) is 4.79 Å². The molecule has 0 bridgehead atoms. The molecule has 0 saturated carbocycles. The first-order valence-electron chi connectivity index (χ1n) is 8.59. The van der Waals surface area contributed by atoms with Gasteiger partial charge in [0.2, 0.25) is 0 Å². The highest BCUT2D eigenvalue weighted by molar-refractivity contribution is 6.31. The number of amides is 1. The van der Waals surface area contributed by atoms with E-state index in [0.717, 1.165) is 40.1 Å². The molecule has 0 fully saturated rings. The Morgan fingerprint density at radius 1 is 1.15 bits per heavy atom. The molecule has 2 aromatic carbocycles. The minimum Gasteiger partial charge on any atom is -0.345 e. The summed E-state index contributed by atoms with van der Waals surface area (Å²) in [5, 5.41) is 3.93. The van der Waals surface area contributed by atoms with Crippen molar-refractivity contribution in [1.82, 2.24) is 15.3 Å². The molecule has 1 aliphatic carbocycles. The van der Waals surface area contributed by atoms with Gasteiger partial charge in [0.15, 0.2) is 5.82 Å². The lowest BCUT2D eigenvalue weighted by Crippen LogP contribution is -2.27. The topological polar surface area (TPSA) is 54.9 Å². The Balaban J connectivity index is 1.66. The summed E-state index contributed by atoms with van der Waals surface area (Å²) in [4.78, 5) is 21.6. The van der Waals surface area contributed by atoms with E-state index in [-0.39, 0.29) is 11.9 Å². The Morgan fingerprint density at radius 2 is 1.96 bits per heavy atom. The van der Waals surface area contributed by atoms with Crippen molar-refractivity contribution in [2.75, 3.05) is 0 Å². The minimum absolute atomic E-state index is 0.0266. The van der Waals surface area contributed by atoms with E-state index >= 15 is 0 Å². The quantitative estimate of drug-likeness (QED) is 0.744. The molecule has 1 unspecified atom stereocenters. The van der Waals surface area contributed by atoms with Crippen LogP contribution in [-0.4, -0.2) is 15.9 Å². The fourth-order valence-corrected chi connectivity index (χ4v) is 3.75. The van der Waals surface area contributed by atoms with Crippen LogP contribution >= 0.6 is 11.6 Å². The molecule has 1 aliphatic rings. The van der Waals surface area contributed by atoms with E-state index in [1.807, 2.05) is 43.3 Å². The predicted molar refractivity (Wildman–Crippen MR) is 102 cm³/mol. The molecule has 0 aliphatic heterocycles. The molecule has 4 nitrogen and oxygen atoms in total. The van der Waals surface area contributed by atoms with E-state index < -0.39 is 0 Å². The second kappa shape index (κ2) is 6.89. The highest BCUT2D eigenvalue weighted by Gasteiger charge is 2.26. The van der Waals surface area contributed by atoms with Crippen LogP contribution in [0, 0.1) is 6.92 Å². The van der Waals surface area contributed by atoms with Gasteiger partial charge in [-0.1, -0.05) is 41.4 Å². The molecule has 1 amide bonds. The molecule has 1 aromatic heterocycles. The molecule has 4 rings (SSSR count). The number of hydrogen-bond donors (Lipinski definition) is 1. The van der Waals surface area contributed by atoms with Gasteiger partial charge in [0.1, 0.15) is 0 Å². The van der Waals surface area contributed by atoms with Crippen molar-refractivity contribution in [1.29, 1.82) is 0 Å². The third-order valence-corrected chi connectivity index (χ3v) is 5.10. The normalized spacial score (nSPS) is 15.5. The maximum Gasteiger partial charge on any atom is 0.252 e. The first kappa shape index (κ1) is 16.7. The highest BCUT2D eigenvalue weighted by Crippen LogP contribution is 2.35. The molecule has 0 spiro atoms. The molecule has 26 heavy (non-hydrogen) atoms. The lowest BCUT2D eigenvalue weighted by atomic mass is 10.0. The Hall–Kier alpha value is -2.72. The fourth-order valence-electron chi connectivity index (χ4n) is 3.47. The smallest absolute Gasteiger partial charge is 0.252 e. The van der Waals surface area contributed by atoms with Gasteiger partial charge in [-0.2, -0.15) is 0 Å². The van der Waals surface area contributed by atoms with Gasteiger partial charge in [-0.15, -0.1) is 0 Å². The van der Waals surface area contributed by atoms with Gasteiger partial charge in [-0.3, -0.25) is 4.79 Å². The lowest BCUT2D eigenvalue weighted by molar-refractivity contribution is 0.0937. The molecular formula is C21H18ClN3O. The Kier molecular flexibility index (Phi) is 4.43. The number of rotatable bonds is 3. The summed E-state index contributed by atoms with van der Waals surface area (Å²) in [7, 11) is 0. The molecule has 3 aromatic rings. The number of nitrogens with one attached hydrogen (secondary N) is 1. The summed E-state index contributed by atoms with van der Waals surface area (Å²) in [5.41, 5.74) is 4.58. The summed E-state index contributed by atoms with van der Waals surface area (Å²) in [5.74, 6) is 0.432. The number of carbonyl (C=O) groups is 1. The first-order valence-corrected chi connectivity index (χ1v) is 8.97. The number of benzene rings is 2. The molecule has 130 valence electrons. The fraction of sp³-hybridized carbons (Fsp3) is 0.190. The van der Waals surface area contributed by atoms with Crippen LogP contribution in [0.15, 0.2) is 54.9 Å². The second-order valence-electron chi connectivity index (χ2n) is 6.49. The summed E-state index contributed by atoms with van der Waals surface area (Å²) in [6, 6.07) is 13.4. The summed E-state index contributed by atoms with van der Waals surface area (Å²) in [6.45, 7) is 1.97. The zero-order valence-corrected chi connectivity index (χ0v) is 15.1. The van der Waals surface area contributed by atoms with Crippen molar-refractivity contribution in [2.24, 2.45) is 0 Å². The van der Waals surface area contributed by atoms with Gasteiger partial charge < -0.3 is 5.32 Å². The predicted octanol–water partition coefficient (Wildman–Crippen LogP) is 4.52. The molecular weight excluding hydrogens is 346 g/mol. The van der Waals surface area contributed by atoms with E-state index in [1.165, 1.54) is 0 Å². The van der Waals surface area contributed by atoms with Crippen molar-refractivity contribution in [3.05, 3.63) is 82.1 Å². The number of aryl methyl sites for hydroxylation is 1. The van der Waals surface area contributed by atoms with Crippen LogP contribution in [0.5, 0.6) is 0 Å². The average Bonchev–Trinajstić information content (AvgIpc) is 3.06. The SMILES string of the molecule is Cc1ccc(-c2ncccn2)c(C(=O)NC2CCc3c(Cl)cccc32)c1. The van der Waals surface area contributed by atoms with Crippen molar-refractivity contribution in [3.63, 3.8) is 0 Å². The van der Waals surface area contributed by atoms with Crippen LogP contribution in [0.25, 0.3) is 11.4 Å². The van der Waals surface area contributed by atoms with Crippen molar-refractivity contribution < 1.29 is 4.79 Å². The zero-order chi connectivity index (χ0) is 18.1. The van der Waals surface area contributed by atoms with E-state index in [0.29, 0.717) is 11.4 Å². The van der Waals surface area contributed by atoms with Crippen molar-refractivity contribution in [2.45, 2.75) is 25.8 Å². The van der Waals surface area contributed by atoms with Crippen molar-refractivity contribution in [3.8, 4) is 11.4 Å². The van der Waals surface area contributed by atoms with Crippen LogP contribution in [0.4, 0.5) is 0 Å². The molecule has 1 atom stereocenters. The van der Waals surface area contributed by atoms with Crippen LogP contribution in [0.1, 0.15) is 39.5 Å². The van der Waals surface area contributed by atoms with E-state index in [1.54, 1.807) is 18.5 Å². The standard InChI is InChI=1S/C21H18ClN3O/c1-13-6-7-16(20-23-10-3-11-24-20)17(12-13)21(26)25-19-9-8-14-15(19)4-2-5-18(14)22/h2-7,10-12,19H,8-9H2,1H3,(H,25,26). The number of carbonyl (C=O) groups excluding carboxylic acids is 1. The minimum atomic E-state index is -0.117. The number of fused-ring (bicyclic) bond motifs is 1. The maximum atomic E-state index is 13.0. The van der Waals surface area contributed by atoms with E-state index in [2.05, 4.69) is 15.3 Å². The average molecular weight is 364 g/mol. The second-order valence-corrected chi connectivity index (χ2v) is 6.90. The third kappa shape index (κ3) is 3.08. The van der Waals surface area contributed by atoms with Crippen LogP contribution in [0.3, 0.4) is 0 Å². The van der Waals surface area contributed by atoms with Crippen LogP contribution in [-0.2, 0) is 6.42 Å². The summed E-state index contributed by atoms with van der Waals surface area (Å²) < 4.78 is 0. The van der Waals surface area contributed by atoms with Gasteiger partial charge in [0, 0.05) is 23.0 Å². The molecule has 5 heteroatoms. The van der Waals surface area contributed by atoms with Crippen molar-refractivity contribution >= 4 is 17.5 Å². The van der Waals surface area contributed by atoms with Crippen LogP contribution < -0.4 is 5.32 Å².